The van der Waals surface area contributed by atoms with Crippen LogP contribution in [0.25, 0.3) is 0 Å². The molecule has 1 aliphatic carbocycles. The SMILES string of the molecule is CCCO[Si](CC1=[C]([Pt]([CH3])([CH3])[CH3])CC=C1)(OCCC)OCCC. The zero-order valence-electron chi connectivity index (χ0n) is 15.9. The third-order valence-electron chi connectivity index (χ3n) is 3.49. The molecular formula is C18H36O3PtSi. The van der Waals surface area contributed by atoms with Crippen LogP contribution in [-0.4, -0.2) is 28.6 Å². The summed E-state index contributed by atoms with van der Waals surface area (Å²) in [6.07, 6.45) is 8.72. The van der Waals surface area contributed by atoms with Gasteiger partial charge in [0.15, 0.2) is 0 Å². The van der Waals surface area contributed by atoms with Crippen molar-refractivity contribution >= 4 is 8.80 Å². The second kappa shape index (κ2) is 10.3. The van der Waals surface area contributed by atoms with E-state index in [0.29, 0.717) is 0 Å². The molecule has 0 aromatic rings. The Bertz CT molecular complexity index is 391. The molecule has 5 heteroatoms. The third kappa shape index (κ3) is 6.95. The van der Waals surface area contributed by atoms with Gasteiger partial charge in [-0.1, -0.05) is 0 Å². The van der Waals surface area contributed by atoms with E-state index in [0.717, 1.165) is 51.5 Å². The zero-order chi connectivity index (χ0) is 17.3. The van der Waals surface area contributed by atoms with E-state index in [1.807, 2.05) is 0 Å². The molecule has 1 aliphatic rings. The van der Waals surface area contributed by atoms with Crippen molar-refractivity contribution in [2.45, 2.75) is 68.4 Å². The fraction of sp³-hybridized carbons (Fsp3) is 0.778. The molecular weight excluding hydrogens is 487 g/mol. The van der Waals surface area contributed by atoms with Crippen LogP contribution in [0.4, 0.5) is 0 Å². The summed E-state index contributed by atoms with van der Waals surface area (Å²) >= 11 is -1.75. The zero-order valence-corrected chi connectivity index (χ0v) is 19.1. The van der Waals surface area contributed by atoms with E-state index in [1.165, 1.54) is 5.57 Å². The molecule has 0 fully saturated rings. The fourth-order valence-corrected chi connectivity index (χ4v) is 9.95. The van der Waals surface area contributed by atoms with E-state index in [1.54, 1.807) is 3.96 Å². The van der Waals surface area contributed by atoms with E-state index in [4.69, 9.17) is 13.3 Å². The molecule has 0 radical (unpaired) electrons. The average molecular weight is 524 g/mol. The topological polar surface area (TPSA) is 27.7 Å². The Labute approximate surface area is 148 Å². The van der Waals surface area contributed by atoms with Crippen molar-refractivity contribution in [2.75, 3.05) is 19.8 Å². The number of rotatable bonds is 12. The van der Waals surface area contributed by atoms with Crippen LogP contribution < -0.4 is 0 Å². The van der Waals surface area contributed by atoms with E-state index >= 15 is 0 Å². The van der Waals surface area contributed by atoms with Gasteiger partial charge >= 0.3 is 148 Å². The van der Waals surface area contributed by atoms with E-state index in [9.17, 15) is 0 Å². The van der Waals surface area contributed by atoms with Gasteiger partial charge in [-0.2, -0.15) is 0 Å². The second-order valence-electron chi connectivity index (χ2n) is 6.33. The molecule has 23 heavy (non-hydrogen) atoms. The quantitative estimate of drug-likeness (QED) is 0.307. The van der Waals surface area contributed by atoms with E-state index in [-0.39, 0.29) is 0 Å². The van der Waals surface area contributed by atoms with E-state index < -0.39 is 24.9 Å². The van der Waals surface area contributed by atoms with Crippen molar-refractivity contribution in [3.8, 4) is 0 Å². The summed E-state index contributed by atoms with van der Waals surface area (Å²) < 4.78 is 20.4. The Morgan fingerprint density at radius 1 is 0.913 bits per heavy atom. The molecule has 0 N–H and O–H groups in total. The van der Waals surface area contributed by atoms with Gasteiger partial charge in [0.1, 0.15) is 0 Å². The minimum absolute atomic E-state index is 0.725. The van der Waals surface area contributed by atoms with Gasteiger partial charge in [-0.25, -0.2) is 0 Å². The van der Waals surface area contributed by atoms with Crippen LogP contribution in [-0.2, 0) is 29.3 Å². The summed E-state index contributed by atoms with van der Waals surface area (Å²) in [7, 11) is -2.62. The third-order valence-corrected chi connectivity index (χ3v) is 11.5. The molecule has 0 unspecified atom stereocenters. The number of hydrogen-bond acceptors (Lipinski definition) is 3. The van der Waals surface area contributed by atoms with Crippen molar-refractivity contribution in [1.82, 2.24) is 0 Å². The molecule has 0 amide bonds. The average Bonchev–Trinajstić information content (AvgIpc) is 2.96. The van der Waals surface area contributed by atoms with Crippen LogP contribution in [0, 0.1) is 0 Å². The van der Waals surface area contributed by atoms with Crippen LogP contribution in [0.1, 0.15) is 46.5 Å². The summed E-state index contributed by atoms with van der Waals surface area (Å²) in [6, 6.07) is 0.847. The van der Waals surface area contributed by atoms with Gasteiger partial charge in [0, 0.05) is 0 Å². The summed E-state index contributed by atoms with van der Waals surface area (Å²) in [6.45, 7) is 8.60. The van der Waals surface area contributed by atoms with Crippen molar-refractivity contribution in [3.05, 3.63) is 21.7 Å². The van der Waals surface area contributed by atoms with Gasteiger partial charge in [0.2, 0.25) is 0 Å². The molecule has 0 saturated heterocycles. The van der Waals surface area contributed by atoms with Crippen molar-refractivity contribution in [1.29, 1.82) is 0 Å². The Balaban J connectivity index is 3.02. The van der Waals surface area contributed by atoms with Crippen LogP contribution in [0.2, 0.25) is 22.0 Å². The van der Waals surface area contributed by atoms with Gasteiger partial charge in [-0.05, 0) is 0 Å². The predicted molar refractivity (Wildman–Crippen MR) is 97.7 cm³/mol. The molecule has 140 valence electrons. The first-order valence-corrected chi connectivity index (χ1v) is 18.4. The fourth-order valence-electron chi connectivity index (χ4n) is 2.45. The Kier molecular flexibility index (Phi) is 9.54. The van der Waals surface area contributed by atoms with Gasteiger partial charge in [-0.15, -0.1) is 0 Å². The molecule has 3 nitrogen and oxygen atoms in total. The standard InChI is InChI=1S/C15H27O3Si.3CH3.Pt/c1-4-11-16-19(17-12-5-2,18-13-6-3)14-15-9-7-8-10-15;;;;/h7,9H,4-6,8,11-14H2,1-3H3;3*1H3;. The van der Waals surface area contributed by atoms with Crippen LogP contribution in [0.5, 0.6) is 0 Å². The first-order valence-electron chi connectivity index (χ1n) is 8.55. The Morgan fingerprint density at radius 2 is 1.39 bits per heavy atom. The van der Waals surface area contributed by atoms with Crippen LogP contribution in [0.15, 0.2) is 21.7 Å². The number of hydrogen-bond donors (Lipinski definition) is 0. The molecule has 0 bridgehead atoms. The van der Waals surface area contributed by atoms with Crippen LogP contribution >= 0.6 is 0 Å². The number of allylic oxidation sites excluding steroid dienone is 4. The van der Waals surface area contributed by atoms with Gasteiger partial charge in [0.25, 0.3) is 0 Å². The summed E-state index contributed by atoms with van der Waals surface area (Å²) in [5.74, 6) is 0. The first kappa shape index (κ1) is 21.3. The molecule has 0 heterocycles. The predicted octanol–water partition coefficient (Wildman–Crippen LogP) is 5.72. The second-order valence-corrected chi connectivity index (χ2v) is 20.5. The Hall–Kier alpha value is 0.265. The first-order chi connectivity index (χ1) is 10.9. The summed E-state index contributed by atoms with van der Waals surface area (Å²) in [5.41, 5.74) is 1.45. The molecule has 0 saturated carbocycles. The maximum absolute atomic E-state index is 6.25. The Morgan fingerprint density at radius 3 is 1.78 bits per heavy atom. The normalized spacial score (nSPS) is 16.4. The van der Waals surface area contributed by atoms with Gasteiger partial charge < -0.3 is 0 Å². The van der Waals surface area contributed by atoms with E-state index in [2.05, 4.69) is 48.9 Å². The monoisotopic (exact) mass is 523 g/mol. The van der Waals surface area contributed by atoms with Crippen molar-refractivity contribution in [3.63, 3.8) is 0 Å². The molecule has 1 rings (SSSR count). The molecule has 0 aromatic carbocycles. The summed E-state index contributed by atoms with van der Waals surface area (Å²) in [5, 5.41) is 7.39. The van der Waals surface area contributed by atoms with Crippen molar-refractivity contribution < 1.29 is 29.3 Å². The maximum atomic E-state index is 6.25. The molecule has 0 spiro atoms. The molecule has 0 aliphatic heterocycles. The minimum atomic E-state index is -2.62. The van der Waals surface area contributed by atoms with Gasteiger partial charge in [0.05, 0.1) is 0 Å². The molecule has 0 atom stereocenters. The van der Waals surface area contributed by atoms with Crippen molar-refractivity contribution in [2.24, 2.45) is 0 Å². The summed E-state index contributed by atoms with van der Waals surface area (Å²) in [4.78, 5) is 0. The molecule has 0 aromatic heterocycles. The van der Waals surface area contributed by atoms with Crippen LogP contribution in [0.3, 0.4) is 0 Å². The van der Waals surface area contributed by atoms with Gasteiger partial charge in [-0.3, -0.25) is 0 Å².